The fourth-order valence-corrected chi connectivity index (χ4v) is 1.25. The van der Waals surface area contributed by atoms with Crippen LogP contribution < -0.4 is 10.6 Å². The van der Waals surface area contributed by atoms with Crippen LogP contribution in [0.4, 0.5) is 0 Å². The van der Waals surface area contributed by atoms with Crippen molar-refractivity contribution in [2.75, 3.05) is 26.2 Å². The Labute approximate surface area is 71.1 Å². The van der Waals surface area contributed by atoms with Gasteiger partial charge in [0.15, 0.2) is 5.60 Å². The van der Waals surface area contributed by atoms with E-state index < -0.39 is 5.60 Å². The van der Waals surface area contributed by atoms with Crippen molar-refractivity contribution in [1.29, 1.82) is 0 Å². The SMILES string of the molecule is Cl.O=C1NCCOC12CNC2. The zero-order valence-corrected chi connectivity index (χ0v) is 6.87. The van der Waals surface area contributed by atoms with Crippen LogP contribution in [0.15, 0.2) is 0 Å². The maximum atomic E-state index is 11.1. The number of hydrogen-bond donors (Lipinski definition) is 2. The van der Waals surface area contributed by atoms with Gasteiger partial charge in [-0.05, 0) is 0 Å². The molecule has 4 nitrogen and oxygen atoms in total. The van der Waals surface area contributed by atoms with Gasteiger partial charge in [-0.2, -0.15) is 0 Å². The predicted octanol–water partition coefficient (Wildman–Crippen LogP) is -1.10. The first-order chi connectivity index (χ1) is 4.83. The molecule has 1 amide bonds. The fraction of sp³-hybridized carbons (Fsp3) is 0.833. The van der Waals surface area contributed by atoms with Gasteiger partial charge in [0, 0.05) is 19.6 Å². The third-order valence-corrected chi connectivity index (χ3v) is 2.00. The van der Waals surface area contributed by atoms with E-state index in [1.54, 1.807) is 0 Å². The van der Waals surface area contributed by atoms with Crippen molar-refractivity contribution in [3.63, 3.8) is 0 Å². The molecule has 0 radical (unpaired) electrons. The summed E-state index contributed by atoms with van der Waals surface area (Å²) in [6.45, 7) is 2.63. The van der Waals surface area contributed by atoms with Crippen LogP contribution in [0.5, 0.6) is 0 Å². The highest BCUT2D eigenvalue weighted by Crippen LogP contribution is 2.18. The number of ether oxygens (including phenoxy) is 1. The normalized spacial score (nSPS) is 26.7. The average Bonchev–Trinajstić information content (AvgIpc) is 1.85. The Morgan fingerprint density at radius 3 is 2.55 bits per heavy atom. The first-order valence-corrected chi connectivity index (χ1v) is 3.46. The largest absolute Gasteiger partial charge is 0.361 e. The van der Waals surface area contributed by atoms with Gasteiger partial charge in [-0.1, -0.05) is 0 Å². The Kier molecular flexibility index (Phi) is 2.37. The molecule has 0 atom stereocenters. The lowest BCUT2D eigenvalue weighted by molar-refractivity contribution is -0.162. The summed E-state index contributed by atoms with van der Waals surface area (Å²) in [6.07, 6.45) is 0. The summed E-state index contributed by atoms with van der Waals surface area (Å²) in [6, 6.07) is 0. The number of morpholine rings is 1. The molecule has 0 aliphatic carbocycles. The third-order valence-electron chi connectivity index (χ3n) is 2.00. The Morgan fingerprint density at radius 1 is 1.45 bits per heavy atom. The second-order valence-corrected chi connectivity index (χ2v) is 2.70. The van der Waals surface area contributed by atoms with Gasteiger partial charge in [-0.25, -0.2) is 0 Å². The van der Waals surface area contributed by atoms with E-state index in [1.807, 2.05) is 0 Å². The summed E-state index contributed by atoms with van der Waals surface area (Å²) in [7, 11) is 0. The van der Waals surface area contributed by atoms with E-state index in [0.717, 1.165) is 0 Å². The summed E-state index contributed by atoms with van der Waals surface area (Å²) in [5.74, 6) is 0.0394. The van der Waals surface area contributed by atoms with Crippen molar-refractivity contribution in [3.8, 4) is 0 Å². The summed E-state index contributed by atoms with van der Waals surface area (Å²) < 4.78 is 5.34. The van der Waals surface area contributed by atoms with Gasteiger partial charge in [0.1, 0.15) is 0 Å². The standard InChI is InChI=1S/C6H10N2O2.ClH/c9-5-6(3-7-4-6)10-2-1-8-5;/h7H,1-4H2,(H,8,9);1H. The van der Waals surface area contributed by atoms with Crippen LogP contribution in [0.1, 0.15) is 0 Å². The van der Waals surface area contributed by atoms with Crippen molar-refractivity contribution in [1.82, 2.24) is 10.6 Å². The van der Waals surface area contributed by atoms with E-state index in [-0.39, 0.29) is 18.3 Å². The Hall–Kier alpha value is -0.320. The van der Waals surface area contributed by atoms with E-state index in [0.29, 0.717) is 26.2 Å². The summed E-state index contributed by atoms with van der Waals surface area (Å²) >= 11 is 0. The molecule has 1 spiro atoms. The number of amides is 1. The molecule has 11 heavy (non-hydrogen) atoms. The molecule has 0 bridgehead atoms. The lowest BCUT2D eigenvalue weighted by atomic mass is 9.95. The number of rotatable bonds is 0. The topological polar surface area (TPSA) is 50.4 Å². The monoisotopic (exact) mass is 178 g/mol. The van der Waals surface area contributed by atoms with E-state index in [9.17, 15) is 4.79 Å². The van der Waals surface area contributed by atoms with Crippen molar-refractivity contribution in [2.24, 2.45) is 0 Å². The molecule has 0 unspecified atom stereocenters. The highest BCUT2D eigenvalue weighted by molar-refractivity contribution is 5.87. The minimum atomic E-state index is -0.502. The second kappa shape index (κ2) is 2.97. The van der Waals surface area contributed by atoms with Gasteiger partial charge in [0.2, 0.25) is 0 Å². The Morgan fingerprint density at radius 2 is 2.18 bits per heavy atom. The van der Waals surface area contributed by atoms with Gasteiger partial charge >= 0.3 is 0 Å². The van der Waals surface area contributed by atoms with Gasteiger partial charge in [-0.3, -0.25) is 4.79 Å². The van der Waals surface area contributed by atoms with Gasteiger partial charge in [0.05, 0.1) is 6.61 Å². The molecule has 2 fully saturated rings. The molecular formula is C6H11ClN2O2. The van der Waals surface area contributed by atoms with Gasteiger partial charge in [-0.15, -0.1) is 12.4 Å². The average molecular weight is 179 g/mol. The van der Waals surface area contributed by atoms with E-state index >= 15 is 0 Å². The summed E-state index contributed by atoms with van der Waals surface area (Å²) in [4.78, 5) is 11.1. The number of carbonyl (C=O) groups is 1. The van der Waals surface area contributed by atoms with Crippen LogP contribution in [0.3, 0.4) is 0 Å². The maximum Gasteiger partial charge on any atom is 0.255 e. The molecule has 5 heteroatoms. The minimum absolute atomic E-state index is 0. The molecule has 0 aromatic heterocycles. The van der Waals surface area contributed by atoms with Crippen LogP contribution in [0.25, 0.3) is 0 Å². The lowest BCUT2D eigenvalue weighted by Gasteiger charge is -2.43. The first-order valence-electron chi connectivity index (χ1n) is 3.46. The number of halogens is 1. The molecule has 2 N–H and O–H groups in total. The molecular weight excluding hydrogens is 168 g/mol. The molecule has 2 rings (SSSR count). The lowest BCUT2D eigenvalue weighted by Crippen LogP contribution is -2.71. The van der Waals surface area contributed by atoms with E-state index in [2.05, 4.69) is 10.6 Å². The molecule has 0 saturated carbocycles. The predicted molar refractivity (Wildman–Crippen MR) is 41.8 cm³/mol. The second-order valence-electron chi connectivity index (χ2n) is 2.70. The Bertz CT molecular complexity index is 170. The number of hydrogen-bond acceptors (Lipinski definition) is 3. The molecule has 64 valence electrons. The summed E-state index contributed by atoms with van der Waals surface area (Å²) in [5, 5.41) is 5.79. The van der Waals surface area contributed by atoms with Crippen LogP contribution in [-0.2, 0) is 9.53 Å². The van der Waals surface area contributed by atoms with Crippen molar-refractivity contribution in [2.45, 2.75) is 5.60 Å². The van der Waals surface area contributed by atoms with E-state index in [4.69, 9.17) is 4.74 Å². The first kappa shape index (κ1) is 8.77. The molecule has 0 aromatic rings. The van der Waals surface area contributed by atoms with Crippen LogP contribution in [0.2, 0.25) is 0 Å². The third kappa shape index (κ3) is 1.21. The smallest absolute Gasteiger partial charge is 0.255 e. The number of carbonyl (C=O) groups excluding carboxylic acids is 1. The van der Waals surface area contributed by atoms with Crippen LogP contribution in [-0.4, -0.2) is 37.7 Å². The highest BCUT2D eigenvalue weighted by Gasteiger charge is 2.47. The molecule has 0 aromatic carbocycles. The van der Waals surface area contributed by atoms with Crippen molar-refractivity contribution < 1.29 is 9.53 Å². The summed E-state index contributed by atoms with van der Waals surface area (Å²) in [5.41, 5.74) is -0.502. The number of nitrogens with one attached hydrogen (secondary N) is 2. The molecule has 2 aliphatic rings. The molecule has 2 saturated heterocycles. The van der Waals surface area contributed by atoms with Crippen molar-refractivity contribution in [3.05, 3.63) is 0 Å². The minimum Gasteiger partial charge on any atom is -0.361 e. The van der Waals surface area contributed by atoms with E-state index in [1.165, 1.54) is 0 Å². The molecule has 2 aliphatic heterocycles. The maximum absolute atomic E-state index is 11.1. The van der Waals surface area contributed by atoms with Gasteiger partial charge < -0.3 is 15.4 Å². The fourth-order valence-electron chi connectivity index (χ4n) is 1.25. The highest BCUT2D eigenvalue weighted by atomic mass is 35.5. The quantitative estimate of drug-likeness (QED) is 0.495. The molecule has 2 heterocycles. The Balaban J connectivity index is 0.000000605. The van der Waals surface area contributed by atoms with Crippen LogP contribution in [0, 0.1) is 0 Å². The zero-order chi connectivity index (χ0) is 7.03. The van der Waals surface area contributed by atoms with Gasteiger partial charge in [0.25, 0.3) is 5.91 Å². The zero-order valence-electron chi connectivity index (χ0n) is 6.05. The van der Waals surface area contributed by atoms with Crippen LogP contribution >= 0.6 is 12.4 Å². The van der Waals surface area contributed by atoms with Crippen molar-refractivity contribution >= 4 is 18.3 Å².